The molecule has 0 aliphatic rings. The lowest BCUT2D eigenvalue weighted by molar-refractivity contribution is -0.384. The van der Waals surface area contributed by atoms with Crippen LogP contribution in [0.25, 0.3) is 0 Å². The van der Waals surface area contributed by atoms with E-state index in [-0.39, 0.29) is 23.0 Å². The third-order valence-corrected chi connectivity index (χ3v) is 4.30. The molecule has 24 heavy (non-hydrogen) atoms. The molecular weight excluding hydrogens is 330 g/mol. The van der Waals surface area contributed by atoms with E-state index in [4.69, 9.17) is 0 Å². The smallest absolute Gasteiger partial charge is 0.293 e. The van der Waals surface area contributed by atoms with Crippen molar-refractivity contribution < 1.29 is 9.72 Å². The van der Waals surface area contributed by atoms with Gasteiger partial charge >= 0.3 is 0 Å². The zero-order chi connectivity index (χ0) is 17.7. The molecule has 1 aromatic heterocycles. The van der Waals surface area contributed by atoms with Crippen LogP contribution in [0.4, 0.5) is 11.4 Å². The fourth-order valence-corrected chi connectivity index (χ4v) is 2.71. The number of hydrogen-bond acceptors (Lipinski definition) is 6. The van der Waals surface area contributed by atoms with E-state index >= 15 is 0 Å². The standard InChI is InChI=1S/C15H17N5O3S/c1-4-5-19-9-16-18-15(19)24-8-14(21)17-12-6-10(2)11(3)7-13(12)20(22)23/h4,6-7,9H,1,5,8H2,2-3H3,(H,17,21). The third-order valence-electron chi connectivity index (χ3n) is 3.32. The van der Waals surface area contributed by atoms with Crippen LogP contribution < -0.4 is 5.32 Å². The minimum absolute atomic E-state index is 0.0694. The molecule has 0 aliphatic carbocycles. The Labute approximate surface area is 143 Å². The highest BCUT2D eigenvalue weighted by atomic mass is 32.2. The summed E-state index contributed by atoms with van der Waals surface area (Å²) in [4.78, 5) is 22.8. The first-order valence-corrected chi connectivity index (χ1v) is 8.08. The van der Waals surface area contributed by atoms with Crippen molar-refractivity contribution >= 4 is 29.0 Å². The Kier molecular flexibility index (Phi) is 5.69. The number of rotatable bonds is 7. The summed E-state index contributed by atoms with van der Waals surface area (Å²) >= 11 is 1.20. The Morgan fingerprint density at radius 3 is 2.83 bits per heavy atom. The van der Waals surface area contributed by atoms with Crippen molar-refractivity contribution in [2.24, 2.45) is 0 Å². The monoisotopic (exact) mass is 347 g/mol. The highest BCUT2D eigenvalue weighted by Gasteiger charge is 2.18. The van der Waals surface area contributed by atoms with Gasteiger partial charge in [0.25, 0.3) is 5.69 Å². The predicted molar refractivity (Wildman–Crippen MR) is 92.1 cm³/mol. The van der Waals surface area contributed by atoms with E-state index in [1.54, 1.807) is 30.0 Å². The number of benzene rings is 1. The molecular formula is C15H17N5O3S. The number of aryl methyl sites for hydroxylation is 2. The Bertz CT molecular complexity index is 787. The molecule has 2 aromatic rings. The number of carbonyl (C=O) groups is 1. The summed E-state index contributed by atoms with van der Waals surface area (Å²) in [5.41, 5.74) is 1.74. The molecule has 8 nitrogen and oxygen atoms in total. The summed E-state index contributed by atoms with van der Waals surface area (Å²) in [5, 5.41) is 22.0. The first-order valence-electron chi connectivity index (χ1n) is 7.09. The first kappa shape index (κ1) is 17.7. The van der Waals surface area contributed by atoms with E-state index in [9.17, 15) is 14.9 Å². The summed E-state index contributed by atoms with van der Waals surface area (Å²) in [6.45, 7) is 7.80. The molecule has 1 N–H and O–H groups in total. The number of amides is 1. The van der Waals surface area contributed by atoms with Crippen molar-refractivity contribution in [3.63, 3.8) is 0 Å². The lowest BCUT2D eigenvalue weighted by atomic mass is 10.1. The summed E-state index contributed by atoms with van der Waals surface area (Å²) in [6.07, 6.45) is 3.25. The summed E-state index contributed by atoms with van der Waals surface area (Å²) in [6, 6.07) is 3.06. The first-order chi connectivity index (χ1) is 11.4. The van der Waals surface area contributed by atoms with Gasteiger partial charge in [-0.1, -0.05) is 17.8 Å². The molecule has 1 heterocycles. The van der Waals surface area contributed by atoms with Crippen LogP contribution in [-0.2, 0) is 11.3 Å². The van der Waals surface area contributed by atoms with Gasteiger partial charge in [-0.15, -0.1) is 16.8 Å². The molecule has 1 aromatic carbocycles. The molecule has 9 heteroatoms. The van der Waals surface area contributed by atoms with E-state index in [1.165, 1.54) is 17.8 Å². The number of anilines is 1. The van der Waals surface area contributed by atoms with E-state index in [2.05, 4.69) is 22.1 Å². The molecule has 1 amide bonds. The Morgan fingerprint density at radius 1 is 1.46 bits per heavy atom. The van der Waals surface area contributed by atoms with Crippen molar-refractivity contribution in [3.05, 3.63) is 52.4 Å². The van der Waals surface area contributed by atoms with Crippen molar-refractivity contribution in [3.8, 4) is 0 Å². The average Bonchev–Trinajstić information content (AvgIpc) is 2.96. The van der Waals surface area contributed by atoms with E-state index in [1.807, 2.05) is 6.92 Å². The molecule has 0 unspecified atom stereocenters. The van der Waals surface area contributed by atoms with Gasteiger partial charge in [0, 0.05) is 12.6 Å². The zero-order valence-electron chi connectivity index (χ0n) is 13.4. The second kappa shape index (κ2) is 7.73. The van der Waals surface area contributed by atoms with E-state index in [0.717, 1.165) is 11.1 Å². The average molecular weight is 347 g/mol. The van der Waals surface area contributed by atoms with Crippen molar-refractivity contribution in [2.75, 3.05) is 11.1 Å². The SMILES string of the molecule is C=CCn1cnnc1SCC(=O)Nc1cc(C)c(C)cc1[N+](=O)[O-]. The number of carbonyl (C=O) groups excluding carboxylic acids is 1. The highest BCUT2D eigenvalue weighted by Crippen LogP contribution is 2.28. The number of nitro groups is 1. The maximum absolute atomic E-state index is 12.1. The second-order valence-corrected chi connectivity index (χ2v) is 6.04. The lowest BCUT2D eigenvalue weighted by Gasteiger charge is -2.09. The zero-order valence-corrected chi connectivity index (χ0v) is 14.2. The third kappa shape index (κ3) is 4.19. The summed E-state index contributed by atoms with van der Waals surface area (Å²) in [7, 11) is 0. The topological polar surface area (TPSA) is 103 Å². The fraction of sp³-hybridized carbons (Fsp3) is 0.267. The van der Waals surface area contributed by atoms with Crippen molar-refractivity contribution in [1.29, 1.82) is 0 Å². The van der Waals surface area contributed by atoms with Crippen LogP contribution in [0.15, 0.2) is 36.3 Å². The van der Waals surface area contributed by atoms with Gasteiger partial charge in [-0.2, -0.15) is 0 Å². The molecule has 0 radical (unpaired) electrons. The molecule has 0 aliphatic heterocycles. The molecule has 0 fully saturated rings. The summed E-state index contributed by atoms with van der Waals surface area (Å²) < 4.78 is 1.75. The van der Waals surface area contributed by atoms with Gasteiger partial charge in [-0.3, -0.25) is 14.9 Å². The van der Waals surface area contributed by atoms with Gasteiger partial charge in [0.2, 0.25) is 5.91 Å². The summed E-state index contributed by atoms with van der Waals surface area (Å²) in [5.74, 6) is -0.278. The van der Waals surface area contributed by atoms with E-state index < -0.39 is 4.92 Å². The van der Waals surface area contributed by atoms with Crippen molar-refractivity contribution in [2.45, 2.75) is 25.5 Å². The van der Waals surface area contributed by atoms with Gasteiger partial charge in [0.05, 0.1) is 10.7 Å². The number of nitro benzene ring substituents is 1. The predicted octanol–water partition coefficient (Wildman–Crippen LogP) is 2.72. The normalized spacial score (nSPS) is 10.4. The van der Waals surface area contributed by atoms with Crippen LogP contribution >= 0.6 is 11.8 Å². The molecule has 0 saturated heterocycles. The highest BCUT2D eigenvalue weighted by molar-refractivity contribution is 7.99. The Hall–Kier alpha value is -2.68. The Morgan fingerprint density at radius 2 is 2.17 bits per heavy atom. The van der Waals surface area contributed by atoms with Gasteiger partial charge in [0.15, 0.2) is 5.16 Å². The fourth-order valence-electron chi connectivity index (χ4n) is 1.99. The second-order valence-electron chi connectivity index (χ2n) is 5.10. The maximum Gasteiger partial charge on any atom is 0.293 e. The molecule has 0 atom stereocenters. The Balaban J connectivity index is 2.07. The largest absolute Gasteiger partial charge is 0.320 e. The number of nitrogens with one attached hydrogen (secondary N) is 1. The molecule has 0 bridgehead atoms. The van der Waals surface area contributed by atoms with Gasteiger partial charge < -0.3 is 9.88 Å². The van der Waals surface area contributed by atoms with Gasteiger partial charge in [0.1, 0.15) is 12.0 Å². The molecule has 126 valence electrons. The molecule has 0 saturated carbocycles. The lowest BCUT2D eigenvalue weighted by Crippen LogP contribution is -2.16. The maximum atomic E-state index is 12.1. The van der Waals surface area contributed by atoms with Crippen LogP contribution in [0.5, 0.6) is 0 Å². The number of hydrogen-bond donors (Lipinski definition) is 1. The van der Waals surface area contributed by atoms with E-state index in [0.29, 0.717) is 11.7 Å². The number of thioether (sulfide) groups is 1. The minimum Gasteiger partial charge on any atom is -0.320 e. The molecule has 0 spiro atoms. The number of nitrogens with zero attached hydrogens (tertiary/aromatic N) is 4. The van der Waals surface area contributed by atoms with Crippen LogP contribution in [0.2, 0.25) is 0 Å². The molecule has 2 rings (SSSR count). The van der Waals surface area contributed by atoms with Crippen molar-refractivity contribution in [1.82, 2.24) is 14.8 Å². The van der Waals surface area contributed by atoms with Crippen LogP contribution in [-0.4, -0.2) is 31.3 Å². The quantitative estimate of drug-likeness (QED) is 0.357. The number of aromatic nitrogens is 3. The van der Waals surface area contributed by atoms with Gasteiger partial charge in [-0.05, 0) is 31.0 Å². The van der Waals surface area contributed by atoms with Crippen LogP contribution in [0.1, 0.15) is 11.1 Å². The van der Waals surface area contributed by atoms with Gasteiger partial charge in [-0.25, -0.2) is 0 Å². The van der Waals surface area contributed by atoms with Crippen LogP contribution in [0, 0.1) is 24.0 Å². The van der Waals surface area contributed by atoms with Crippen LogP contribution in [0.3, 0.4) is 0 Å². The minimum atomic E-state index is -0.504. The number of allylic oxidation sites excluding steroid dienone is 1.